The summed E-state index contributed by atoms with van der Waals surface area (Å²) in [4.78, 5) is 28.7. The molecule has 1 fully saturated rings. The van der Waals surface area contributed by atoms with Gasteiger partial charge in [-0.15, -0.1) is 0 Å². The first-order valence-corrected chi connectivity index (χ1v) is 10.4. The number of nitrogens with one attached hydrogen (secondary N) is 2. The van der Waals surface area contributed by atoms with Crippen LogP contribution in [0.4, 0.5) is 0 Å². The van der Waals surface area contributed by atoms with Gasteiger partial charge in [0.1, 0.15) is 6.10 Å². The van der Waals surface area contributed by atoms with Crippen molar-refractivity contribution < 1.29 is 19.4 Å². The van der Waals surface area contributed by atoms with Crippen molar-refractivity contribution in [3.63, 3.8) is 0 Å². The number of rotatable bonds is 9. The van der Waals surface area contributed by atoms with Crippen molar-refractivity contribution in [2.45, 2.75) is 50.4 Å². The van der Waals surface area contributed by atoms with E-state index in [1.165, 1.54) is 5.56 Å². The third-order valence-electron chi connectivity index (χ3n) is 5.20. The Balaban J connectivity index is 1.40. The van der Waals surface area contributed by atoms with E-state index in [0.717, 1.165) is 6.42 Å². The van der Waals surface area contributed by atoms with E-state index in [4.69, 9.17) is 4.74 Å². The van der Waals surface area contributed by atoms with Crippen LogP contribution in [0.3, 0.4) is 0 Å². The summed E-state index contributed by atoms with van der Waals surface area (Å²) in [6, 6.07) is 15.2. The van der Waals surface area contributed by atoms with E-state index in [9.17, 15) is 14.7 Å². The molecule has 0 bridgehead atoms. The monoisotopic (exact) mass is 411 g/mol. The zero-order chi connectivity index (χ0) is 21.2. The van der Waals surface area contributed by atoms with Gasteiger partial charge < -0.3 is 20.5 Å². The van der Waals surface area contributed by atoms with E-state index >= 15 is 0 Å². The van der Waals surface area contributed by atoms with Gasteiger partial charge in [-0.2, -0.15) is 0 Å². The summed E-state index contributed by atoms with van der Waals surface area (Å²) in [7, 11) is 0. The van der Waals surface area contributed by atoms with Gasteiger partial charge in [0.15, 0.2) is 0 Å². The highest BCUT2D eigenvalue weighted by Crippen LogP contribution is 2.22. The number of aliphatic hydroxyl groups excluding tert-OH is 1. The Kier molecular flexibility index (Phi) is 8.35. The molecule has 7 nitrogen and oxygen atoms in total. The lowest BCUT2D eigenvalue weighted by molar-refractivity contribution is -0.135. The smallest absolute Gasteiger partial charge is 0.226 e. The third kappa shape index (κ3) is 6.93. The van der Waals surface area contributed by atoms with E-state index in [0.29, 0.717) is 25.1 Å². The minimum absolute atomic E-state index is 0.0646. The van der Waals surface area contributed by atoms with Crippen molar-refractivity contribution >= 4 is 11.8 Å². The van der Waals surface area contributed by atoms with Crippen molar-refractivity contribution in [1.82, 2.24) is 15.6 Å². The summed E-state index contributed by atoms with van der Waals surface area (Å²) in [6.07, 6.45) is 3.39. The van der Waals surface area contributed by atoms with Crippen LogP contribution < -0.4 is 10.6 Å². The first-order chi connectivity index (χ1) is 14.6. The fraction of sp³-hybridized carbons (Fsp3) is 0.435. The molecule has 0 aliphatic carbocycles. The Morgan fingerprint density at radius 1 is 1.07 bits per heavy atom. The van der Waals surface area contributed by atoms with Crippen LogP contribution in [0.15, 0.2) is 54.7 Å². The minimum atomic E-state index is -0.520. The minimum Gasteiger partial charge on any atom is -0.394 e. The molecule has 0 saturated carbocycles. The lowest BCUT2D eigenvalue weighted by Gasteiger charge is -2.36. The molecule has 2 aromatic rings. The molecule has 1 aliphatic heterocycles. The normalized spacial score (nSPS) is 21.0. The molecule has 160 valence electrons. The van der Waals surface area contributed by atoms with Crippen LogP contribution in [0.5, 0.6) is 0 Å². The van der Waals surface area contributed by atoms with Crippen LogP contribution in [0.2, 0.25) is 0 Å². The molecule has 0 spiro atoms. The molecule has 3 rings (SSSR count). The highest BCUT2D eigenvalue weighted by Gasteiger charge is 2.32. The molecular formula is C23H29N3O4. The molecule has 0 unspecified atom stereocenters. The van der Waals surface area contributed by atoms with Crippen LogP contribution in [0.1, 0.15) is 30.5 Å². The second-order valence-corrected chi connectivity index (χ2v) is 7.52. The Morgan fingerprint density at radius 3 is 2.60 bits per heavy atom. The largest absolute Gasteiger partial charge is 0.394 e. The number of carbonyl (C=O) groups excluding carboxylic acids is 2. The summed E-state index contributed by atoms with van der Waals surface area (Å²) >= 11 is 0. The van der Waals surface area contributed by atoms with E-state index in [-0.39, 0.29) is 43.4 Å². The number of hydrogen-bond donors (Lipinski definition) is 3. The highest BCUT2D eigenvalue weighted by molar-refractivity contribution is 5.78. The lowest BCUT2D eigenvalue weighted by Crippen LogP contribution is -2.51. The maximum atomic E-state index is 12.3. The topological polar surface area (TPSA) is 101 Å². The maximum Gasteiger partial charge on any atom is 0.226 e. The van der Waals surface area contributed by atoms with Gasteiger partial charge in [0, 0.05) is 18.4 Å². The molecular weight excluding hydrogens is 382 g/mol. The van der Waals surface area contributed by atoms with Gasteiger partial charge in [0.05, 0.1) is 31.6 Å². The number of amides is 2. The van der Waals surface area contributed by atoms with E-state index in [1.807, 2.05) is 36.4 Å². The van der Waals surface area contributed by atoms with Crippen molar-refractivity contribution in [1.29, 1.82) is 0 Å². The fourth-order valence-electron chi connectivity index (χ4n) is 3.64. The zero-order valence-corrected chi connectivity index (χ0v) is 17.0. The molecule has 1 aromatic heterocycles. The summed E-state index contributed by atoms with van der Waals surface area (Å²) < 4.78 is 5.89. The summed E-state index contributed by atoms with van der Waals surface area (Å²) in [5, 5.41) is 15.5. The lowest BCUT2D eigenvalue weighted by atomic mass is 9.96. The van der Waals surface area contributed by atoms with E-state index < -0.39 is 6.10 Å². The molecule has 1 aromatic carbocycles. The first-order valence-electron chi connectivity index (χ1n) is 10.4. The van der Waals surface area contributed by atoms with Crippen molar-refractivity contribution in [3.05, 3.63) is 66.0 Å². The van der Waals surface area contributed by atoms with Crippen LogP contribution in [-0.4, -0.2) is 53.3 Å². The SMILES string of the molecule is O=C(C[C@H]1CC[C@@H](NC(=O)Cc2ccccn2)[C@H](CO)O1)NCCc1ccccc1. The number of aromatic nitrogens is 1. The number of pyridine rings is 1. The second-order valence-electron chi connectivity index (χ2n) is 7.52. The van der Waals surface area contributed by atoms with Gasteiger partial charge in [0.25, 0.3) is 0 Å². The van der Waals surface area contributed by atoms with Gasteiger partial charge in [0.2, 0.25) is 11.8 Å². The van der Waals surface area contributed by atoms with Crippen LogP contribution in [0.25, 0.3) is 0 Å². The highest BCUT2D eigenvalue weighted by atomic mass is 16.5. The predicted octanol–water partition coefficient (Wildman–Crippen LogP) is 1.40. The zero-order valence-electron chi connectivity index (χ0n) is 17.0. The molecule has 0 radical (unpaired) electrons. The molecule has 2 amide bonds. The molecule has 3 atom stereocenters. The van der Waals surface area contributed by atoms with Gasteiger partial charge in [-0.1, -0.05) is 36.4 Å². The summed E-state index contributed by atoms with van der Waals surface area (Å²) in [5.41, 5.74) is 1.87. The molecule has 1 aliphatic rings. The Labute approximate surface area is 176 Å². The van der Waals surface area contributed by atoms with Crippen molar-refractivity contribution in [2.75, 3.05) is 13.2 Å². The molecule has 1 saturated heterocycles. The number of nitrogens with zero attached hydrogens (tertiary/aromatic N) is 1. The van der Waals surface area contributed by atoms with Crippen LogP contribution in [0, 0.1) is 0 Å². The van der Waals surface area contributed by atoms with Crippen molar-refractivity contribution in [3.8, 4) is 0 Å². The summed E-state index contributed by atoms with van der Waals surface area (Å²) in [6.45, 7) is 0.367. The van der Waals surface area contributed by atoms with Gasteiger partial charge >= 0.3 is 0 Å². The molecule has 2 heterocycles. The molecule has 3 N–H and O–H groups in total. The Bertz CT molecular complexity index is 801. The average molecular weight is 412 g/mol. The van der Waals surface area contributed by atoms with E-state index in [2.05, 4.69) is 15.6 Å². The standard InChI is InChI=1S/C23H29N3O4/c27-16-21-20(26-23(29)14-18-8-4-5-12-24-18)10-9-19(30-21)15-22(28)25-13-11-17-6-2-1-3-7-17/h1-8,12,19-21,27H,9-11,13-16H2,(H,25,28)(H,26,29)/t19-,20-,21+/m1/s1. The third-order valence-corrected chi connectivity index (χ3v) is 5.20. The summed E-state index contributed by atoms with van der Waals surface area (Å²) in [5.74, 6) is -0.219. The molecule has 30 heavy (non-hydrogen) atoms. The number of ether oxygens (including phenoxy) is 1. The van der Waals surface area contributed by atoms with Gasteiger partial charge in [-0.25, -0.2) is 0 Å². The van der Waals surface area contributed by atoms with Crippen molar-refractivity contribution in [2.24, 2.45) is 0 Å². The van der Waals surface area contributed by atoms with Gasteiger partial charge in [-0.3, -0.25) is 14.6 Å². The number of benzene rings is 1. The number of hydrogen-bond acceptors (Lipinski definition) is 5. The number of carbonyl (C=O) groups is 2. The maximum absolute atomic E-state index is 12.3. The number of aliphatic hydroxyl groups is 1. The molecule has 7 heteroatoms. The Morgan fingerprint density at radius 2 is 1.87 bits per heavy atom. The first kappa shape index (κ1) is 21.9. The van der Waals surface area contributed by atoms with Gasteiger partial charge in [-0.05, 0) is 37.0 Å². The predicted molar refractivity (Wildman–Crippen MR) is 113 cm³/mol. The van der Waals surface area contributed by atoms with E-state index in [1.54, 1.807) is 18.3 Å². The van der Waals surface area contributed by atoms with Crippen LogP contribution in [-0.2, 0) is 27.2 Å². The second kappa shape index (κ2) is 11.4. The average Bonchev–Trinajstić information content (AvgIpc) is 2.76. The quantitative estimate of drug-likeness (QED) is 0.579. The van der Waals surface area contributed by atoms with Crippen LogP contribution >= 0.6 is 0 Å². The fourth-order valence-corrected chi connectivity index (χ4v) is 3.64. The Hall–Kier alpha value is -2.77.